The summed E-state index contributed by atoms with van der Waals surface area (Å²) in [5, 5.41) is 66.5. The van der Waals surface area contributed by atoms with Crippen LogP contribution < -0.4 is 0 Å². The van der Waals surface area contributed by atoms with E-state index in [0.717, 1.165) is 0 Å². The van der Waals surface area contributed by atoms with E-state index in [2.05, 4.69) is 4.18 Å². The molecule has 0 aliphatic heterocycles. The van der Waals surface area contributed by atoms with Crippen LogP contribution in [0.1, 0.15) is 12.8 Å². The van der Waals surface area contributed by atoms with Crippen LogP contribution in [0, 0.1) is 11.8 Å². The van der Waals surface area contributed by atoms with Crippen molar-refractivity contribution in [1.29, 1.82) is 0 Å². The van der Waals surface area contributed by atoms with Crippen molar-refractivity contribution >= 4 is 10.4 Å². The van der Waals surface area contributed by atoms with Gasteiger partial charge in [0.2, 0.25) is 10.4 Å². The molecule has 7 atom stereocenters. The van der Waals surface area contributed by atoms with Crippen LogP contribution in [0.25, 0.3) is 0 Å². The molecule has 1 aliphatic carbocycles. The van der Waals surface area contributed by atoms with Crippen molar-refractivity contribution in [2.75, 3.05) is 13.2 Å². The van der Waals surface area contributed by atoms with Crippen LogP contribution in [0.4, 0.5) is 0 Å². The minimum Gasteiger partial charge on any atom is -0.726 e. The van der Waals surface area contributed by atoms with Gasteiger partial charge >= 0.3 is 0 Å². The lowest BCUT2D eigenvalue weighted by Crippen LogP contribution is -2.49. The van der Waals surface area contributed by atoms with Gasteiger partial charge in [-0.05, 0) is 0 Å². The second-order valence-corrected chi connectivity index (χ2v) is 6.70. The summed E-state index contributed by atoms with van der Waals surface area (Å²) >= 11 is 0. The monoisotopic (exact) mass is 374 g/mol. The molecule has 0 aromatic rings. The van der Waals surface area contributed by atoms with Gasteiger partial charge in [0.1, 0.15) is 55.4 Å². The Morgan fingerprint density at radius 1 is 1.17 bits per heavy atom. The van der Waals surface area contributed by atoms with E-state index < -0.39 is 72.6 Å². The standard InChI is InChI=1S/C12H22O11S/c13-3-6-5(1-7(15)10(6)18)2-8(16)12(23-24(20,21)22)11(19)9(17)4-14/h6-19H,1-4H2/t6-,7+,8+,9+,10+,11+,12+/m0/s1. The second-order valence-electron chi connectivity index (χ2n) is 5.69. The number of hydrogen-bond acceptors (Lipinski definition) is 11. The second kappa shape index (κ2) is 8.71. The maximum absolute atomic E-state index is 10.8. The lowest BCUT2D eigenvalue weighted by atomic mass is 9.87. The first-order chi connectivity index (χ1) is 11.0. The highest BCUT2D eigenvalue weighted by atomic mass is 32.3. The molecule has 0 amide bonds. The number of hydrogen-bond donors (Lipinski definition) is 7. The van der Waals surface area contributed by atoms with Crippen LogP contribution in [0.3, 0.4) is 0 Å². The minimum atomic E-state index is -5.35. The lowest BCUT2D eigenvalue weighted by Gasteiger charge is -2.29. The molecule has 7 N–H and O–H groups in total. The Hall–Kier alpha value is -0.540. The molecule has 24 heavy (non-hydrogen) atoms. The molecule has 142 valence electrons. The SMILES string of the molecule is O=S(=O)([O-])O[C@@H]([C@H](O)[C@H](O)CO)[C@H](O)C[C+]1C[C@@H](O)[C@H](O)[C@H]1CO. The molecule has 1 fully saturated rings. The molecule has 1 rings (SSSR count). The normalized spacial score (nSPS) is 30.2. The van der Waals surface area contributed by atoms with Crippen LogP contribution in [0.5, 0.6) is 0 Å². The fourth-order valence-corrected chi connectivity index (χ4v) is 3.23. The average molecular weight is 374 g/mol. The Bertz CT molecular complexity index is 483. The smallest absolute Gasteiger partial charge is 0.218 e. The highest BCUT2D eigenvalue weighted by molar-refractivity contribution is 7.80. The summed E-state index contributed by atoms with van der Waals surface area (Å²) in [6.07, 6.45) is -10.9. The fourth-order valence-electron chi connectivity index (χ4n) is 2.72. The minimum absolute atomic E-state index is 0.0983. The van der Waals surface area contributed by atoms with Crippen LogP contribution in [-0.4, -0.2) is 98.6 Å². The molecule has 0 aromatic carbocycles. The maximum atomic E-state index is 10.8. The van der Waals surface area contributed by atoms with Crippen molar-refractivity contribution in [1.82, 2.24) is 0 Å². The molecule has 1 saturated carbocycles. The summed E-state index contributed by atoms with van der Waals surface area (Å²) < 4.78 is 36.3. The molecular weight excluding hydrogens is 352 g/mol. The number of aliphatic hydroxyl groups is 7. The Labute approximate surface area is 138 Å². The molecule has 0 heterocycles. The predicted molar refractivity (Wildman–Crippen MR) is 74.7 cm³/mol. The van der Waals surface area contributed by atoms with Gasteiger partial charge in [0.25, 0.3) is 0 Å². The third-order valence-corrected chi connectivity index (χ3v) is 4.45. The van der Waals surface area contributed by atoms with Crippen LogP contribution >= 0.6 is 0 Å². The van der Waals surface area contributed by atoms with E-state index in [0.29, 0.717) is 0 Å². The molecule has 12 heteroatoms. The van der Waals surface area contributed by atoms with E-state index >= 15 is 0 Å². The predicted octanol–water partition coefficient (Wildman–Crippen LogP) is -4.39. The van der Waals surface area contributed by atoms with Gasteiger partial charge in [0, 0.05) is 0 Å². The third-order valence-electron chi connectivity index (χ3n) is 4.00. The maximum Gasteiger partial charge on any atom is 0.218 e. The first kappa shape index (κ1) is 21.5. The number of rotatable bonds is 9. The van der Waals surface area contributed by atoms with Gasteiger partial charge in [-0.1, -0.05) is 0 Å². The molecule has 0 bridgehead atoms. The number of aliphatic hydroxyl groups excluding tert-OH is 7. The van der Waals surface area contributed by atoms with Crippen molar-refractivity contribution in [3.8, 4) is 0 Å². The zero-order valence-electron chi connectivity index (χ0n) is 12.5. The average Bonchev–Trinajstić information content (AvgIpc) is 2.76. The largest absolute Gasteiger partial charge is 0.726 e. The molecule has 0 unspecified atom stereocenters. The van der Waals surface area contributed by atoms with Gasteiger partial charge in [-0.2, -0.15) is 0 Å². The Morgan fingerprint density at radius 3 is 2.21 bits per heavy atom. The van der Waals surface area contributed by atoms with E-state index in [1.165, 1.54) is 0 Å². The molecular formula is C12H22O11S. The van der Waals surface area contributed by atoms with Crippen LogP contribution in [0.2, 0.25) is 0 Å². The highest BCUT2D eigenvalue weighted by Crippen LogP contribution is 2.38. The van der Waals surface area contributed by atoms with Gasteiger partial charge in [-0.25, -0.2) is 8.42 Å². The summed E-state index contributed by atoms with van der Waals surface area (Å²) in [6.45, 7) is -1.53. The van der Waals surface area contributed by atoms with E-state index in [1.807, 2.05) is 0 Å². The third kappa shape index (κ3) is 5.49. The molecule has 0 saturated heterocycles. The quantitative estimate of drug-likeness (QED) is 0.116. The molecule has 0 aromatic heterocycles. The zero-order valence-corrected chi connectivity index (χ0v) is 13.4. The topological polar surface area (TPSA) is 208 Å². The summed E-state index contributed by atoms with van der Waals surface area (Å²) in [7, 11) is -5.35. The van der Waals surface area contributed by atoms with E-state index in [1.54, 1.807) is 0 Å². The molecule has 0 radical (unpaired) electrons. The molecule has 0 spiro atoms. The van der Waals surface area contributed by atoms with E-state index in [4.69, 9.17) is 5.11 Å². The van der Waals surface area contributed by atoms with Gasteiger partial charge in [0.05, 0.1) is 13.2 Å². The molecule has 11 nitrogen and oxygen atoms in total. The van der Waals surface area contributed by atoms with Crippen molar-refractivity contribution in [2.24, 2.45) is 5.92 Å². The summed E-state index contributed by atoms with van der Waals surface area (Å²) in [5.74, 6) is -0.619. The zero-order chi connectivity index (χ0) is 18.7. The molecule has 1 aliphatic rings. The van der Waals surface area contributed by atoms with Gasteiger partial charge in [-0.3, -0.25) is 4.18 Å². The Kier molecular flexibility index (Phi) is 7.80. The Morgan fingerprint density at radius 2 is 1.75 bits per heavy atom. The first-order valence-electron chi connectivity index (χ1n) is 7.12. The van der Waals surface area contributed by atoms with Gasteiger partial charge in [0.15, 0.2) is 5.92 Å². The van der Waals surface area contributed by atoms with Crippen LogP contribution in [0.15, 0.2) is 0 Å². The fraction of sp³-hybridized carbons (Fsp3) is 0.917. The first-order valence-corrected chi connectivity index (χ1v) is 8.45. The van der Waals surface area contributed by atoms with E-state index in [9.17, 15) is 43.6 Å². The van der Waals surface area contributed by atoms with Crippen molar-refractivity contribution in [2.45, 2.75) is 49.5 Å². The van der Waals surface area contributed by atoms with Gasteiger partial charge < -0.3 is 40.3 Å². The van der Waals surface area contributed by atoms with Gasteiger partial charge in [-0.15, -0.1) is 0 Å². The van der Waals surface area contributed by atoms with Crippen molar-refractivity contribution in [3.05, 3.63) is 5.92 Å². The van der Waals surface area contributed by atoms with Crippen molar-refractivity contribution < 1.29 is 52.9 Å². The summed E-state index contributed by atoms with van der Waals surface area (Å²) in [6, 6.07) is 0. The highest BCUT2D eigenvalue weighted by Gasteiger charge is 2.52. The Balaban J connectivity index is 2.89. The van der Waals surface area contributed by atoms with Crippen LogP contribution in [-0.2, 0) is 14.6 Å². The van der Waals surface area contributed by atoms with Crippen molar-refractivity contribution in [3.63, 3.8) is 0 Å². The summed E-state index contributed by atoms with van der Waals surface area (Å²) in [4.78, 5) is 0. The summed E-state index contributed by atoms with van der Waals surface area (Å²) in [5.41, 5.74) is 0. The van der Waals surface area contributed by atoms with E-state index in [-0.39, 0.29) is 12.3 Å². The lowest BCUT2D eigenvalue weighted by molar-refractivity contribution is -0.106.